The third-order valence-electron chi connectivity index (χ3n) is 3.46. The molecule has 1 N–H and O–H groups in total. The van der Waals surface area contributed by atoms with Crippen molar-refractivity contribution in [2.24, 2.45) is 5.92 Å². The lowest BCUT2D eigenvalue weighted by Crippen LogP contribution is -2.23. The van der Waals surface area contributed by atoms with Crippen LogP contribution in [0.25, 0.3) is 0 Å². The summed E-state index contributed by atoms with van der Waals surface area (Å²) in [7, 11) is 0. The Morgan fingerprint density at radius 3 is 2.71 bits per heavy atom. The molecule has 0 aromatic heterocycles. The Labute approximate surface area is 126 Å². The molecule has 0 spiro atoms. The van der Waals surface area contributed by atoms with Crippen LogP contribution in [0.3, 0.4) is 0 Å². The van der Waals surface area contributed by atoms with Crippen molar-refractivity contribution < 1.29 is 14.3 Å². The van der Waals surface area contributed by atoms with Crippen molar-refractivity contribution >= 4 is 11.6 Å². The number of ether oxygens (including phenoxy) is 2. The molecule has 0 saturated carbocycles. The zero-order chi connectivity index (χ0) is 15.1. The topological polar surface area (TPSA) is 47.6 Å². The first-order chi connectivity index (χ1) is 10.2. The molecule has 0 aliphatic heterocycles. The Kier molecular flexibility index (Phi) is 5.67. The molecule has 1 aliphatic carbocycles. The summed E-state index contributed by atoms with van der Waals surface area (Å²) in [5.41, 5.74) is 0.683. The summed E-state index contributed by atoms with van der Waals surface area (Å²) in [5, 5.41) is 2.99. The first kappa shape index (κ1) is 15.4. The van der Waals surface area contributed by atoms with Gasteiger partial charge >= 0.3 is 0 Å². The van der Waals surface area contributed by atoms with Crippen LogP contribution >= 0.6 is 0 Å². The second kappa shape index (κ2) is 7.72. The lowest BCUT2D eigenvalue weighted by atomic mass is 9.93. The molecule has 4 heteroatoms. The first-order valence-electron chi connectivity index (χ1n) is 7.60. The number of rotatable bonds is 6. The average molecular weight is 289 g/mol. The molecule has 1 amide bonds. The van der Waals surface area contributed by atoms with Crippen LogP contribution in [0.4, 0.5) is 5.69 Å². The molecule has 0 fully saturated rings. The number of hydrogen-bond donors (Lipinski definition) is 1. The fraction of sp³-hybridized carbons (Fsp3) is 0.471. The molecule has 0 saturated heterocycles. The third kappa shape index (κ3) is 4.25. The van der Waals surface area contributed by atoms with Gasteiger partial charge in [-0.25, -0.2) is 0 Å². The predicted molar refractivity (Wildman–Crippen MR) is 83.9 cm³/mol. The van der Waals surface area contributed by atoms with Crippen molar-refractivity contribution in [3.63, 3.8) is 0 Å². The van der Waals surface area contributed by atoms with Crippen molar-refractivity contribution in [3.05, 3.63) is 30.4 Å². The van der Waals surface area contributed by atoms with Crippen molar-refractivity contribution in [1.29, 1.82) is 0 Å². The molecule has 1 aromatic carbocycles. The molecule has 1 aromatic rings. The van der Waals surface area contributed by atoms with E-state index in [-0.39, 0.29) is 11.8 Å². The van der Waals surface area contributed by atoms with E-state index < -0.39 is 0 Å². The molecule has 4 nitrogen and oxygen atoms in total. The third-order valence-corrected chi connectivity index (χ3v) is 3.46. The smallest absolute Gasteiger partial charge is 0.227 e. The van der Waals surface area contributed by atoms with Crippen LogP contribution in [0.2, 0.25) is 0 Å². The van der Waals surface area contributed by atoms with Crippen molar-refractivity contribution in [2.75, 3.05) is 18.5 Å². The Hall–Kier alpha value is -1.97. The fourth-order valence-corrected chi connectivity index (χ4v) is 2.41. The molecule has 2 rings (SSSR count). The zero-order valence-corrected chi connectivity index (χ0v) is 12.7. The summed E-state index contributed by atoms with van der Waals surface area (Å²) >= 11 is 0. The monoisotopic (exact) mass is 289 g/mol. The molecule has 0 heterocycles. The van der Waals surface area contributed by atoms with E-state index >= 15 is 0 Å². The van der Waals surface area contributed by atoms with Crippen LogP contribution in [0.15, 0.2) is 30.4 Å². The number of carbonyl (C=O) groups is 1. The minimum absolute atomic E-state index is 0.0419. The van der Waals surface area contributed by atoms with Gasteiger partial charge in [0, 0.05) is 12.0 Å². The van der Waals surface area contributed by atoms with Gasteiger partial charge in [0.05, 0.1) is 18.9 Å². The van der Waals surface area contributed by atoms with Gasteiger partial charge < -0.3 is 14.8 Å². The molecular formula is C17H23NO3. The number of nitrogens with one attached hydrogen (secondary N) is 1. The average Bonchev–Trinajstić information content (AvgIpc) is 2.51. The van der Waals surface area contributed by atoms with E-state index in [1.165, 1.54) is 0 Å². The number of hydrogen-bond acceptors (Lipinski definition) is 3. The van der Waals surface area contributed by atoms with Gasteiger partial charge in [-0.1, -0.05) is 12.2 Å². The maximum Gasteiger partial charge on any atom is 0.227 e. The van der Waals surface area contributed by atoms with E-state index in [4.69, 9.17) is 9.47 Å². The summed E-state index contributed by atoms with van der Waals surface area (Å²) in [4.78, 5) is 12.4. The van der Waals surface area contributed by atoms with Gasteiger partial charge in [-0.15, -0.1) is 0 Å². The number of carbonyl (C=O) groups excluding carboxylic acids is 1. The van der Waals surface area contributed by atoms with Gasteiger partial charge in [0.15, 0.2) is 0 Å². The Morgan fingerprint density at radius 2 is 2.05 bits per heavy atom. The summed E-state index contributed by atoms with van der Waals surface area (Å²) in [6.45, 7) is 5.01. The van der Waals surface area contributed by atoms with Gasteiger partial charge in [-0.3, -0.25) is 4.79 Å². The van der Waals surface area contributed by atoms with Crippen molar-refractivity contribution in [2.45, 2.75) is 33.1 Å². The van der Waals surface area contributed by atoms with Crippen LogP contribution in [-0.2, 0) is 4.79 Å². The van der Waals surface area contributed by atoms with E-state index in [0.29, 0.717) is 24.7 Å². The van der Waals surface area contributed by atoms with E-state index in [9.17, 15) is 4.79 Å². The predicted octanol–water partition coefficient (Wildman–Crippen LogP) is 3.78. The summed E-state index contributed by atoms with van der Waals surface area (Å²) < 4.78 is 11.1. The second-order valence-corrected chi connectivity index (χ2v) is 4.99. The standard InChI is InChI=1S/C17H23NO3/c1-3-20-14-10-11-16(21-4-2)15(12-14)18-17(19)13-8-6-5-7-9-13/h5-6,10-13H,3-4,7-9H2,1-2H3,(H,18,19)/t13-/m0/s1. The highest BCUT2D eigenvalue weighted by atomic mass is 16.5. The Balaban J connectivity index is 2.13. The van der Waals surface area contributed by atoms with Crippen LogP contribution in [0.5, 0.6) is 11.5 Å². The van der Waals surface area contributed by atoms with Gasteiger partial charge in [0.1, 0.15) is 11.5 Å². The number of allylic oxidation sites excluding steroid dienone is 2. The Morgan fingerprint density at radius 1 is 1.24 bits per heavy atom. The maximum absolute atomic E-state index is 12.4. The largest absolute Gasteiger partial charge is 0.494 e. The lowest BCUT2D eigenvalue weighted by Gasteiger charge is -2.19. The molecule has 1 atom stereocenters. The normalized spacial score (nSPS) is 17.3. The van der Waals surface area contributed by atoms with Crippen LogP contribution < -0.4 is 14.8 Å². The number of amides is 1. The lowest BCUT2D eigenvalue weighted by molar-refractivity contribution is -0.120. The first-order valence-corrected chi connectivity index (χ1v) is 7.60. The molecule has 1 aliphatic rings. The van der Waals surface area contributed by atoms with Crippen LogP contribution in [0, 0.1) is 5.92 Å². The number of benzene rings is 1. The highest BCUT2D eigenvalue weighted by molar-refractivity contribution is 5.94. The van der Waals surface area contributed by atoms with Crippen LogP contribution in [-0.4, -0.2) is 19.1 Å². The van der Waals surface area contributed by atoms with E-state index in [1.54, 1.807) is 0 Å². The van der Waals surface area contributed by atoms with Gasteiger partial charge in [0.2, 0.25) is 5.91 Å². The molecule has 0 unspecified atom stereocenters. The zero-order valence-electron chi connectivity index (χ0n) is 12.7. The van der Waals surface area contributed by atoms with Gasteiger partial charge in [-0.05, 0) is 45.2 Å². The van der Waals surface area contributed by atoms with Crippen molar-refractivity contribution in [3.8, 4) is 11.5 Å². The second-order valence-electron chi connectivity index (χ2n) is 4.99. The van der Waals surface area contributed by atoms with Gasteiger partial charge in [-0.2, -0.15) is 0 Å². The minimum Gasteiger partial charge on any atom is -0.494 e. The van der Waals surface area contributed by atoms with Crippen LogP contribution in [0.1, 0.15) is 33.1 Å². The Bertz CT molecular complexity index is 511. The quantitative estimate of drug-likeness (QED) is 0.811. The van der Waals surface area contributed by atoms with E-state index in [0.717, 1.165) is 25.0 Å². The summed E-state index contributed by atoms with van der Waals surface area (Å²) in [6, 6.07) is 5.52. The summed E-state index contributed by atoms with van der Waals surface area (Å²) in [5.74, 6) is 1.51. The molecule has 0 bridgehead atoms. The maximum atomic E-state index is 12.4. The molecule has 21 heavy (non-hydrogen) atoms. The minimum atomic E-state index is 0.0419. The summed E-state index contributed by atoms with van der Waals surface area (Å²) in [6.07, 6.45) is 6.88. The SMILES string of the molecule is CCOc1ccc(OCC)c(NC(=O)[C@H]2CC=CCC2)c1. The molecule has 0 radical (unpaired) electrons. The highest BCUT2D eigenvalue weighted by Gasteiger charge is 2.20. The van der Waals surface area contributed by atoms with E-state index in [2.05, 4.69) is 17.5 Å². The fourth-order valence-electron chi connectivity index (χ4n) is 2.41. The van der Waals surface area contributed by atoms with Crippen molar-refractivity contribution in [1.82, 2.24) is 0 Å². The van der Waals surface area contributed by atoms with E-state index in [1.807, 2.05) is 32.0 Å². The number of anilines is 1. The molecular weight excluding hydrogens is 266 g/mol. The molecule has 114 valence electrons. The highest BCUT2D eigenvalue weighted by Crippen LogP contribution is 2.30. The van der Waals surface area contributed by atoms with Gasteiger partial charge in [0.25, 0.3) is 0 Å².